The Morgan fingerprint density at radius 2 is 1.87 bits per heavy atom. The lowest BCUT2D eigenvalue weighted by Crippen LogP contribution is -2.37. The normalized spacial score (nSPS) is 25.0. The predicted octanol–water partition coefficient (Wildman–Crippen LogP) is 2.38. The van der Waals surface area contributed by atoms with Crippen LogP contribution in [0.15, 0.2) is 0 Å². The highest BCUT2D eigenvalue weighted by Gasteiger charge is 2.29. The van der Waals surface area contributed by atoms with Crippen LogP contribution in [0.2, 0.25) is 0 Å². The molecule has 0 saturated heterocycles. The summed E-state index contributed by atoms with van der Waals surface area (Å²) in [6, 6.07) is 1.36. The lowest BCUT2D eigenvalue weighted by atomic mass is 10.1. The summed E-state index contributed by atoms with van der Waals surface area (Å²) in [5.74, 6) is 0.868. The van der Waals surface area contributed by atoms with Crippen LogP contribution >= 0.6 is 0 Å². The molecule has 0 bridgehead atoms. The molecule has 2 aliphatic carbocycles. The molecule has 2 rings (SSSR count). The Labute approximate surface area is 94.2 Å². The Balaban J connectivity index is 1.69. The first-order chi connectivity index (χ1) is 7.31. The Hall–Kier alpha value is -0.0800. The van der Waals surface area contributed by atoms with Crippen molar-refractivity contribution >= 4 is 0 Å². The summed E-state index contributed by atoms with van der Waals surface area (Å²) in [5, 5.41) is 0. The van der Waals surface area contributed by atoms with E-state index in [1.807, 2.05) is 0 Å². The topological polar surface area (TPSA) is 29.3 Å². The van der Waals surface area contributed by atoms with Crippen molar-refractivity contribution < 1.29 is 0 Å². The van der Waals surface area contributed by atoms with Gasteiger partial charge in [-0.25, -0.2) is 0 Å². The van der Waals surface area contributed by atoms with Crippen LogP contribution in [0.5, 0.6) is 0 Å². The van der Waals surface area contributed by atoms with E-state index >= 15 is 0 Å². The van der Waals surface area contributed by atoms with Crippen LogP contribution < -0.4 is 5.73 Å². The van der Waals surface area contributed by atoms with Gasteiger partial charge in [0.25, 0.3) is 0 Å². The maximum atomic E-state index is 6.15. The molecule has 2 saturated carbocycles. The summed E-state index contributed by atoms with van der Waals surface area (Å²) >= 11 is 0. The molecule has 2 heteroatoms. The van der Waals surface area contributed by atoms with Crippen molar-refractivity contribution in [3.05, 3.63) is 0 Å². The minimum Gasteiger partial charge on any atom is -0.327 e. The molecule has 2 fully saturated rings. The first-order valence-electron chi connectivity index (χ1n) is 6.81. The molecule has 15 heavy (non-hydrogen) atoms. The third kappa shape index (κ3) is 3.18. The molecule has 2 aliphatic rings. The lowest BCUT2D eigenvalue weighted by Gasteiger charge is -2.28. The van der Waals surface area contributed by atoms with Gasteiger partial charge in [0.05, 0.1) is 0 Å². The zero-order valence-corrected chi connectivity index (χ0v) is 10.1. The minimum absolute atomic E-state index is 0.487. The molecule has 0 aliphatic heterocycles. The van der Waals surface area contributed by atoms with Gasteiger partial charge in [0.15, 0.2) is 0 Å². The molecule has 2 N–H and O–H groups in total. The monoisotopic (exact) mass is 210 g/mol. The van der Waals surface area contributed by atoms with Crippen LogP contribution in [0.3, 0.4) is 0 Å². The van der Waals surface area contributed by atoms with Crippen LogP contribution in [-0.4, -0.2) is 30.1 Å². The Morgan fingerprint density at radius 3 is 2.40 bits per heavy atom. The molecular weight excluding hydrogens is 184 g/mol. The zero-order valence-electron chi connectivity index (χ0n) is 10.1. The SMILES string of the molecule is CCN(CCC(N)C1CC1)C1CCCC1. The highest BCUT2D eigenvalue weighted by Crippen LogP contribution is 2.33. The van der Waals surface area contributed by atoms with Gasteiger partial charge in [-0.05, 0) is 51.1 Å². The van der Waals surface area contributed by atoms with Gasteiger partial charge in [-0.15, -0.1) is 0 Å². The molecule has 1 unspecified atom stereocenters. The third-order valence-electron chi connectivity index (χ3n) is 4.22. The second-order valence-corrected chi connectivity index (χ2v) is 5.36. The fraction of sp³-hybridized carbons (Fsp3) is 1.00. The maximum absolute atomic E-state index is 6.15. The van der Waals surface area contributed by atoms with Crippen LogP contribution in [0.4, 0.5) is 0 Å². The fourth-order valence-corrected chi connectivity index (χ4v) is 2.94. The van der Waals surface area contributed by atoms with Crippen LogP contribution in [-0.2, 0) is 0 Å². The molecule has 0 radical (unpaired) electrons. The van der Waals surface area contributed by atoms with Crippen molar-refractivity contribution in [2.75, 3.05) is 13.1 Å². The molecule has 88 valence electrons. The molecular formula is C13H26N2. The van der Waals surface area contributed by atoms with Crippen LogP contribution in [0.25, 0.3) is 0 Å². The van der Waals surface area contributed by atoms with E-state index in [-0.39, 0.29) is 0 Å². The van der Waals surface area contributed by atoms with Gasteiger partial charge in [0, 0.05) is 12.1 Å². The molecule has 0 aromatic rings. The predicted molar refractivity (Wildman–Crippen MR) is 64.8 cm³/mol. The minimum atomic E-state index is 0.487. The second kappa shape index (κ2) is 5.31. The number of hydrogen-bond donors (Lipinski definition) is 1. The number of rotatable bonds is 6. The summed E-state index contributed by atoms with van der Waals surface area (Å²) in [6.07, 6.45) is 9.72. The van der Waals surface area contributed by atoms with E-state index in [9.17, 15) is 0 Å². The van der Waals surface area contributed by atoms with E-state index in [4.69, 9.17) is 5.73 Å². The smallest absolute Gasteiger partial charge is 0.00951 e. The summed E-state index contributed by atoms with van der Waals surface area (Å²) < 4.78 is 0. The van der Waals surface area contributed by atoms with Crippen molar-refractivity contribution in [3.63, 3.8) is 0 Å². The summed E-state index contributed by atoms with van der Waals surface area (Å²) in [7, 11) is 0. The molecule has 0 aromatic carbocycles. The highest BCUT2D eigenvalue weighted by atomic mass is 15.1. The van der Waals surface area contributed by atoms with Gasteiger partial charge in [-0.2, -0.15) is 0 Å². The second-order valence-electron chi connectivity index (χ2n) is 5.36. The van der Waals surface area contributed by atoms with Crippen molar-refractivity contribution in [2.24, 2.45) is 11.7 Å². The zero-order chi connectivity index (χ0) is 10.7. The van der Waals surface area contributed by atoms with Gasteiger partial charge in [0.1, 0.15) is 0 Å². The van der Waals surface area contributed by atoms with E-state index in [1.54, 1.807) is 0 Å². The molecule has 2 nitrogen and oxygen atoms in total. The van der Waals surface area contributed by atoms with E-state index in [2.05, 4.69) is 11.8 Å². The van der Waals surface area contributed by atoms with Crippen LogP contribution in [0, 0.1) is 5.92 Å². The molecule has 0 heterocycles. The largest absolute Gasteiger partial charge is 0.327 e. The van der Waals surface area contributed by atoms with Crippen molar-refractivity contribution in [1.29, 1.82) is 0 Å². The summed E-state index contributed by atoms with van der Waals surface area (Å²) in [5.41, 5.74) is 6.15. The van der Waals surface area contributed by atoms with E-state index in [0.717, 1.165) is 12.0 Å². The average molecular weight is 210 g/mol. The standard InChI is InChI=1S/C13H26N2/c1-2-15(12-5-3-4-6-12)10-9-13(14)11-7-8-11/h11-13H,2-10,14H2,1H3. The first-order valence-corrected chi connectivity index (χ1v) is 6.81. The van der Waals surface area contributed by atoms with E-state index in [1.165, 1.54) is 58.0 Å². The van der Waals surface area contributed by atoms with Gasteiger partial charge in [-0.1, -0.05) is 19.8 Å². The molecule has 0 aromatic heterocycles. The lowest BCUT2D eigenvalue weighted by molar-refractivity contribution is 0.199. The average Bonchev–Trinajstić information content (AvgIpc) is 2.97. The van der Waals surface area contributed by atoms with Crippen LogP contribution in [0.1, 0.15) is 51.9 Å². The van der Waals surface area contributed by atoms with Crippen molar-refractivity contribution in [2.45, 2.75) is 64.0 Å². The number of hydrogen-bond acceptors (Lipinski definition) is 2. The van der Waals surface area contributed by atoms with Gasteiger partial charge < -0.3 is 10.6 Å². The maximum Gasteiger partial charge on any atom is 0.00951 e. The first kappa shape index (κ1) is 11.4. The highest BCUT2D eigenvalue weighted by molar-refractivity contribution is 4.85. The number of nitrogens with zero attached hydrogens (tertiary/aromatic N) is 1. The van der Waals surface area contributed by atoms with E-state index < -0.39 is 0 Å². The molecule has 0 spiro atoms. The van der Waals surface area contributed by atoms with Crippen molar-refractivity contribution in [3.8, 4) is 0 Å². The third-order valence-corrected chi connectivity index (χ3v) is 4.22. The van der Waals surface area contributed by atoms with E-state index in [0.29, 0.717) is 6.04 Å². The summed E-state index contributed by atoms with van der Waals surface area (Å²) in [6.45, 7) is 4.74. The molecule has 1 atom stereocenters. The van der Waals surface area contributed by atoms with Gasteiger partial charge in [-0.3, -0.25) is 0 Å². The summed E-state index contributed by atoms with van der Waals surface area (Å²) in [4.78, 5) is 2.66. The van der Waals surface area contributed by atoms with Crippen molar-refractivity contribution in [1.82, 2.24) is 4.90 Å². The van der Waals surface area contributed by atoms with Gasteiger partial charge >= 0.3 is 0 Å². The quantitative estimate of drug-likeness (QED) is 0.729. The van der Waals surface area contributed by atoms with Gasteiger partial charge in [0.2, 0.25) is 0 Å². The fourth-order valence-electron chi connectivity index (χ4n) is 2.94. The Morgan fingerprint density at radius 1 is 1.20 bits per heavy atom. The molecule has 0 amide bonds. The Kier molecular flexibility index (Phi) is 4.04. The Bertz CT molecular complexity index is 183. The number of nitrogens with two attached hydrogens (primary N) is 1.